The topological polar surface area (TPSA) is 17.1 Å². The molecule has 1 heteroatoms. The van der Waals surface area contributed by atoms with Gasteiger partial charge in [0.15, 0.2) is 5.78 Å². The molecular formula is C30H48O. The second-order valence-corrected chi connectivity index (χ2v) is 15.0. The van der Waals surface area contributed by atoms with E-state index in [1.54, 1.807) is 0 Å². The molecule has 4 saturated carbocycles. The van der Waals surface area contributed by atoms with Crippen molar-refractivity contribution >= 4 is 5.78 Å². The molecule has 0 aliphatic heterocycles. The minimum Gasteiger partial charge on any atom is -0.295 e. The van der Waals surface area contributed by atoms with E-state index in [1.165, 1.54) is 57.8 Å². The second-order valence-electron chi connectivity index (χ2n) is 15.0. The van der Waals surface area contributed by atoms with Crippen molar-refractivity contribution in [2.24, 2.45) is 56.2 Å². The zero-order valence-electron chi connectivity index (χ0n) is 21.7. The Bertz CT molecular complexity index is 822. The van der Waals surface area contributed by atoms with E-state index in [0.29, 0.717) is 38.8 Å². The largest absolute Gasteiger partial charge is 0.295 e. The molecule has 8 unspecified atom stereocenters. The van der Waals surface area contributed by atoms with Crippen LogP contribution in [-0.4, -0.2) is 5.78 Å². The first kappa shape index (κ1) is 22.2. The van der Waals surface area contributed by atoms with E-state index in [2.05, 4.69) is 61.5 Å². The predicted octanol–water partition coefficient (Wildman–Crippen LogP) is 8.23. The Morgan fingerprint density at radius 3 is 2.06 bits per heavy atom. The summed E-state index contributed by atoms with van der Waals surface area (Å²) in [5.41, 5.74) is 2.42. The highest BCUT2D eigenvalue weighted by molar-refractivity contribution is 5.93. The van der Waals surface area contributed by atoms with Crippen molar-refractivity contribution in [3.8, 4) is 0 Å². The minimum absolute atomic E-state index is 0.150. The normalized spacial score (nSPS) is 58.0. The van der Waals surface area contributed by atoms with E-state index in [0.717, 1.165) is 11.8 Å². The van der Waals surface area contributed by atoms with E-state index < -0.39 is 0 Å². The van der Waals surface area contributed by atoms with Gasteiger partial charge in [-0.15, -0.1) is 0 Å². The lowest BCUT2D eigenvalue weighted by Crippen LogP contribution is -2.67. The molecular weight excluding hydrogens is 376 g/mol. The molecule has 5 rings (SSSR count). The molecule has 0 aromatic heterocycles. The van der Waals surface area contributed by atoms with E-state index in [4.69, 9.17) is 0 Å². The molecule has 0 radical (unpaired) electrons. The third-order valence-corrected chi connectivity index (χ3v) is 13.3. The number of hydrogen-bond acceptors (Lipinski definition) is 1. The SMILES string of the molecule is CC1C(=O)C=CC2C1(C)CCC1C2(C)CC[C@@]2(C)C3CC(C)(C)CCC3(C)CCC12C. The first-order chi connectivity index (χ1) is 14.2. The van der Waals surface area contributed by atoms with Crippen molar-refractivity contribution in [1.29, 1.82) is 0 Å². The summed E-state index contributed by atoms with van der Waals surface area (Å²) >= 11 is 0. The van der Waals surface area contributed by atoms with Gasteiger partial charge in [-0.2, -0.15) is 0 Å². The molecule has 5 aliphatic rings. The summed E-state index contributed by atoms with van der Waals surface area (Å²) in [6.45, 7) is 20.5. The average Bonchev–Trinajstić information content (AvgIpc) is 2.69. The molecule has 0 amide bonds. The molecule has 0 saturated heterocycles. The molecule has 1 nitrogen and oxygen atoms in total. The van der Waals surface area contributed by atoms with E-state index in [-0.39, 0.29) is 11.3 Å². The molecule has 9 atom stereocenters. The maximum absolute atomic E-state index is 12.6. The maximum Gasteiger partial charge on any atom is 0.158 e. The van der Waals surface area contributed by atoms with Crippen LogP contribution in [0, 0.1) is 56.2 Å². The van der Waals surface area contributed by atoms with Crippen LogP contribution in [0.5, 0.6) is 0 Å². The Kier molecular flexibility index (Phi) is 4.51. The van der Waals surface area contributed by atoms with Crippen LogP contribution in [0.15, 0.2) is 12.2 Å². The maximum atomic E-state index is 12.6. The third kappa shape index (κ3) is 2.64. The zero-order valence-corrected chi connectivity index (χ0v) is 21.7. The number of allylic oxidation sites excluding steroid dienone is 2. The molecule has 0 heterocycles. The molecule has 0 bridgehead atoms. The third-order valence-electron chi connectivity index (χ3n) is 13.3. The minimum atomic E-state index is 0.150. The Morgan fingerprint density at radius 2 is 1.35 bits per heavy atom. The lowest BCUT2D eigenvalue weighted by Gasteiger charge is -2.74. The van der Waals surface area contributed by atoms with Crippen LogP contribution in [0.25, 0.3) is 0 Å². The number of rotatable bonds is 0. The Hall–Kier alpha value is -0.590. The number of fused-ring (bicyclic) bond motifs is 7. The highest BCUT2D eigenvalue weighted by Crippen LogP contribution is 2.78. The van der Waals surface area contributed by atoms with Gasteiger partial charge in [0.1, 0.15) is 0 Å². The lowest BCUT2D eigenvalue weighted by molar-refractivity contribution is -0.248. The Labute approximate surface area is 192 Å². The molecule has 0 aromatic rings. The number of ketones is 1. The molecule has 5 aliphatic carbocycles. The average molecular weight is 425 g/mol. The first-order valence-electron chi connectivity index (χ1n) is 13.4. The fourth-order valence-electron chi connectivity index (χ4n) is 10.7. The fraction of sp³-hybridized carbons (Fsp3) is 0.900. The van der Waals surface area contributed by atoms with Gasteiger partial charge >= 0.3 is 0 Å². The van der Waals surface area contributed by atoms with Crippen LogP contribution in [-0.2, 0) is 4.79 Å². The van der Waals surface area contributed by atoms with Gasteiger partial charge in [0, 0.05) is 5.92 Å². The van der Waals surface area contributed by atoms with Gasteiger partial charge in [-0.05, 0) is 114 Å². The van der Waals surface area contributed by atoms with E-state index in [1.807, 2.05) is 6.08 Å². The summed E-state index contributed by atoms with van der Waals surface area (Å²) in [6.07, 6.45) is 16.7. The van der Waals surface area contributed by atoms with Crippen molar-refractivity contribution in [2.45, 2.75) is 113 Å². The van der Waals surface area contributed by atoms with Crippen molar-refractivity contribution in [2.75, 3.05) is 0 Å². The van der Waals surface area contributed by atoms with Crippen LogP contribution in [0.2, 0.25) is 0 Å². The second kappa shape index (κ2) is 6.29. The highest BCUT2D eigenvalue weighted by Gasteiger charge is 2.70. The molecule has 31 heavy (non-hydrogen) atoms. The smallest absolute Gasteiger partial charge is 0.158 e. The van der Waals surface area contributed by atoms with Gasteiger partial charge in [-0.1, -0.05) is 61.5 Å². The molecule has 4 fully saturated rings. The summed E-state index contributed by atoms with van der Waals surface area (Å²) in [5.74, 6) is 2.75. The number of hydrogen-bond donors (Lipinski definition) is 0. The van der Waals surface area contributed by atoms with Gasteiger partial charge in [-0.3, -0.25) is 4.79 Å². The molecule has 0 spiro atoms. The van der Waals surface area contributed by atoms with Crippen LogP contribution >= 0.6 is 0 Å². The highest BCUT2D eigenvalue weighted by atomic mass is 16.1. The van der Waals surface area contributed by atoms with Crippen LogP contribution in [0.4, 0.5) is 0 Å². The van der Waals surface area contributed by atoms with E-state index in [9.17, 15) is 4.79 Å². The number of carbonyl (C=O) groups excluding carboxylic acids is 1. The van der Waals surface area contributed by atoms with Crippen LogP contribution < -0.4 is 0 Å². The van der Waals surface area contributed by atoms with Crippen LogP contribution in [0.3, 0.4) is 0 Å². The van der Waals surface area contributed by atoms with Crippen molar-refractivity contribution in [1.82, 2.24) is 0 Å². The molecule has 174 valence electrons. The van der Waals surface area contributed by atoms with Gasteiger partial charge < -0.3 is 0 Å². The van der Waals surface area contributed by atoms with Crippen molar-refractivity contribution in [3.63, 3.8) is 0 Å². The summed E-state index contributed by atoms with van der Waals surface area (Å²) in [5, 5.41) is 0. The quantitative estimate of drug-likeness (QED) is 0.382. The molecule has 0 aromatic carbocycles. The standard InChI is InChI=1S/C30H48O/c1-20-21(31)9-10-22-27(20,5)12-11-23-28(22,6)16-18-30(8)24-19-25(2,3)13-14-26(24,4)15-17-29(23,30)7/h9-10,20,22-24H,11-19H2,1-8H3/t20?,22?,23?,24?,26?,27?,28?,29?,30-/m0/s1. The monoisotopic (exact) mass is 424 g/mol. The first-order valence-corrected chi connectivity index (χ1v) is 13.4. The fourth-order valence-corrected chi connectivity index (χ4v) is 10.7. The summed E-state index contributed by atoms with van der Waals surface area (Å²) < 4.78 is 0. The Balaban J connectivity index is 1.57. The number of carbonyl (C=O) groups is 1. The Morgan fingerprint density at radius 1 is 0.742 bits per heavy atom. The predicted molar refractivity (Wildman–Crippen MR) is 130 cm³/mol. The summed E-state index contributed by atoms with van der Waals surface area (Å²) in [6, 6.07) is 0. The van der Waals surface area contributed by atoms with Crippen molar-refractivity contribution in [3.05, 3.63) is 12.2 Å². The van der Waals surface area contributed by atoms with Crippen LogP contribution in [0.1, 0.15) is 113 Å². The van der Waals surface area contributed by atoms with Gasteiger partial charge in [-0.25, -0.2) is 0 Å². The van der Waals surface area contributed by atoms with Gasteiger partial charge in [0.2, 0.25) is 0 Å². The molecule has 0 N–H and O–H groups in total. The van der Waals surface area contributed by atoms with Crippen molar-refractivity contribution < 1.29 is 4.79 Å². The van der Waals surface area contributed by atoms with Gasteiger partial charge in [0.05, 0.1) is 0 Å². The lowest BCUT2D eigenvalue weighted by atomic mass is 9.30. The summed E-state index contributed by atoms with van der Waals surface area (Å²) in [7, 11) is 0. The summed E-state index contributed by atoms with van der Waals surface area (Å²) in [4.78, 5) is 12.6. The van der Waals surface area contributed by atoms with E-state index >= 15 is 0 Å². The zero-order chi connectivity index (χ0) is 22.7. The van der Waals surface area contributed by atoms with Gasteiger partial charge in [0.25, 0.3) is 0 Å².